The monoisotopic (exact) mass is 506 g/mol. The number of alkyl halides is 3. The average Bonchev–Trinajstić information content (AvgIpc) is 2.85. The number of halogens is 4. The Labute approximate surface area is 208 Å². The maximum atomic E-state index is 14.0. The summed E-state index contributed by atoms with van der Waals surface area (Å²) < 4.78 is 54.8. The van der Waals surface area contributed by atoms with Crippen LogP contribution in [0.2, 0.25) is 18.1 Å². The van der Waals surface area contributed by atoms with E-state index in [1.807, 2.05) is 12.1 Å². The van der Waals surface area contributed by atoms with Crippen LogP contribution in [0.25, 0.3) is 11.1 Å². The predicted molar refractivity (Wildman–Crippen MR) is 137 cm³/mol. The van der Waals surface area contributed by atoms with E-state index in [4.69, 9.17) is 0 Å². The molecule has 2 fully saturated rings. The van der Waals surface area contributed by atoms with E-state index in [-0.39, 0.29) is 8.80 Å². The topological polar surface area (TPSA) is 9.23 Å². The van der Waals surface area contributed by atoms with Gasteiger partial charge in [-0.1, -0.05) is 87.5 Å². The van der Waals surface area contributed by atoms with E-state index >= 15 is 0 Å². The smallest absolute Gasteiger partial charge is 0.403 e. The lowest BCUT2D eigenvalue weighted by Crippen LogP contribution is -2.28. The third-order valence-corrected chi connectivity index (χ3v) is 12.1. The van der Waals surface area contributed by atoms with Crippen molar-refractivity contribution in [3.8, 4) is 16.9 Å². The first-order valence-corrected chi connectivity index (χ1v) is 15.9. The summed E-state index contributed by atoms with van der Waals surface area (Å²) in [7, 11) is -0.379. The third-order valence-electron chi connectivity index (χ3n) is 8.43. The zero-order valence-electron chi connectivity index (χ0n) is 20.8. The van der Waals surface area contributed by atoms with Crippen LogP contribution in [0.5, 0.6) is 5.75 Å². The molecule has 0 unspecified atom stereocenters. The van der Waals surface area contributed by atoms with Gasteiger partial charge in [0.05, 0.1) is 0 Å². The Bertz CT molecular complexity index is 927. The molecule has 0 amide bonds. The molecule has 1 aliphatic heterocycles. The van der Waals surface area contributed by atoms with Crippen molar-refractivity contribution in [1.29, 1.82) is 0 Å². The first-order chi connectivity index (χ1) is 16.8. The second kappa shape index (κ2) is 11.9. The zero-order chi connectivity index (χ0) is 24.8. The minimum absolute atomic E-state index is 0.379. The molecule has 0 spiro atoms. The van der Waals surface area contributed by atoms with Gasteiger partial charge in [0.2, 0.25) is 0 Å². The standard InChI is InChI=1S/C29H38F4OSi/c1-2-17-35-18-15-25(16-19-35)23-9-5-21(6-10-23)3-4-22-7-11-24(12-8-22)26-13-14-28(27(30)20-26)34-29(31,32)33/h7-8,11-14,20-21,23,25,35H,2-6,9-10,15-19H2,1H3. The van der Waals surface area contributed by atoms with Crippen LogP contribution >= 0.6 is 0 Å². The van der Waals surface area contributed by atoms with Crippen LogP contribution in [0.15, 0.2) is 42.5 Å². The lowest BCUT2D eigenvalue weighted by Gasteiger charge is -2.37. The molecule has 1 saturated heterocycles. The molecule has 1 aliphatic carbocycles. The highest BCUT2D eigenvalue weighted by Crippen LogP contribution is 2.42. The van der Waals surface area contributed by atoms with Gasteiger partial charge in [-0.2, -0.15) is 0 Å². The number of hydrogen-bond donors (Lipinski definition) is 0. The average molecular weight is 507 g/mol. The van der Waals surface area contributed by atoms with E-state index in [9.17, 15) is 17.6 Å². The molecule has 35 heavy (non-hydrogen) atoms. The fraction of sp³-hybridized carbons (Fsp3) is 0.586. The molecule has 0 aromatic heterocycles. The molecular formula is C29H38F4OSi. The molecule has 4 rings (SSSR count). The van der Waals surface area contributed by atoms with E-state index in [2.05, 4.69) is 23.8 Å². The summed E-state index contributed by atoms with van der Waals surface area (Å²) in [5.41, 5.74) is 2.57. The largest absolute Gasteiger partial charge is 0.573 e. The van der Waals surface area contributed by atoms with Gasteiger partial charge in [0, 0.05) is 8.80 Å². The molecule has 0 bridgehead atoms. The summed E-state index contributed by atoms with van der Waals surface area (Å²) in [4.78, 5) is 0. The summed E-state index contributed by atoms with van der Waals surface area (Å²) in [5, 5.41) is 0. The molecule has 1 nitrogen and oxygen atoms in total. The van der Waals surface area contributed by atoms with Crippen LogP contribution in [0.3, 0.4) is 0 Å². The molecule has 6 heteroatoms. The summed E-state index contributed by atoms with van der Waals surface area (Å²) in [6.45, 7) is 2.34. The molecule has 192 valence electrons. The Balaban J connectivity index is 1.22. The van der Waals surface area contributed by atoms with E-state index in [0.29, 0.717) is 5.56 Å². The SMILES string of the molecule is CCC[SiH]1CCC(C2CCC(CCc3ccc(-c4ccc(OC(F)(F)F)c(F)c4)cc3)CC2)CC1. The van der Waals surface area contributed by atoms with Gasteiger partial charge in [-0.25, -0.2) is 4.39 Å². The molecule has 0 radical (unpaired) electrons. The molecule has 2 aromatic rings. The van der Waals surface area contributed by atoms with Crippen LogP contribution in [0.1, 0.15) is 63.9 Å². The second-order valence-corrected chi connectivity index (χ2v) is 14.2. The van der Waals surface area contributed by atoms with Gasteiger partial charge in [-0.3, -0.25) is 0 Å². The molecule has 1 saturated carbocycles. The van der Waals surface area contributed by atoms with Gasteiger partial charge in [-0.05, 0) is 72.3 Å². The van der Waals surface area contributed by atoms with Gasteiger partial charge < -0.3 is 4.74 Å². The van der Waals surface area contributed by atoms with Crippen molar-refractivity contribution < 1.29 is 22.3 Å². The summed E-state index contributed by atoms with van der Waals surface area (Å²) >= 11 is 0. The van der Waals surface area contributed by atoms with Crippen molar-refractivity contribution in [2.75, 3.05) is 0 Å². The van der Waals surface area contributed by atoms with Crippen LogP contribution in [-0.4, -0.2) is 15.2 Å². The van der Waals surface area contributed by atoms with Gasteiger partial charge in [0.1, 0.15) is 0 Å². The summed E-state index contributed by atoms with van der Waals surface area (Å²) in [5.74, 6) is 0.958. The van der Waals surface area contributed by atoms with Crippen molar-refractivity contribution in [2.24, 2.45) is 17.8 Å². The van der Waals surface area contributed by atoms with E-state index in [1.165, 1.54) is 63.0 Å². The second-order valence-electron chi connectivity index (χ2n) is 10.8. The van der Waals surface area contributed by atoms with Crippen LogP contribution < -0.4 is 4.74 Å². The highest BCUT2D eigenvalue weighted by atomic mass is 28.3. The molecule has 2 aromatic carbocycles. The summed E-state index contributed by atoms with van der Waals surface area (Å²) in [6.07, 6.45) is 7.31. The van der Waals surface area contributed by atoms with E-state index in [1.54, 1.807) is 18.1 Å². The normalized spacial score (nSPS) is 25.4. The van der Waals surface area contributed by atoms with E-state index in [0.717, 1.165) is 41.9 Å². The van der Waals surface area contributed by atoms with Crippen molar-refractivity contribution in [1.82, 2.24) is 0 Å². The Kier molecular flexibility index (Phi) is 8.95. The van der Waals surface area contributed by atoms with Crippen LogP contribution in [0, 0.1) is 23.6 Å². The van der Waals surface area contributed by atoms with Gasteiger partial charge in [0.25, 0.3) is 0 Å². The number of benzene rings is 2. The molecule has 0 atom stereocenters. The highest BCUT2D eigenvalue weighted by molar-refractivity contribution is 6.58. The van der Waals surface area contributed by atoms with Gasteiger partial charge in [0.15, 0.2) is 11.6 Å². The highest BCUT2D eigenvalue weighted by Gasteiger charge is 2.33. The molecule has 2 aliphatic rings. The van der Waals surface area contributed by atoms with Gasteiger partial charge >= 0.3 is 6.36 Å². The Morgan fingerprint density at radius 3 is 2.09 bits per heavy atom. The fourth-order valence-corrected chi connectivity index (χ4v) is 9.91. The van der Waals surface area contributed by atoms with Crippen molar-refractivity contribution in [3.63, 3.8) is 0 Å². The van der Waals surface area contributed by atoms with Crippen molar-refractivity contribution in [2.45, 2.75) is 89.2 Å². The molecular weight excluding hydrogens is 468 g/mol. The zero-order valence-corrected chi connectivity index (χ0v) is 21.9. The fourth-order valence-electron chi connectivity index (χ4n) is 6.43. The Morgan fingerprint density at radius 1 is 0.857 bits per heavy atom. The molecule has 0 N–H and O–H groups in total. The summed E-state index contributed by atoms with van der Waals surface area (Å²) in [6, 6.07) is 16.3. The van der Waals surface area contributed by atoms with Crippen LogP contribution in [0.4, 0.5) is 17.6 Å². The first-order valence-electron chi connectivity index (χ1n) is 13.5. The van der Waals surface area contributed by atoms with E-state index < -0.39 is 17.9 Å². The number of hydrogen-bond acceptors (Lipinski definition) is 1. The lowest BCUT2D eigenvalue weighted by molar-refractivity contribution is -0.275. The lowest BCUT2D eigenvalue weighted by atomic mass is 9.73. The Morgan fingerprint density at radius 2 is 1.49 bits per heavy atom. The predicted octanol–water partition coefficient (Wildman–Crippen LogP) is 9.18. The quantitative estimate of drug-likeness (QED) is 0.256. The van der Waals surface area contributed by atoms with Crippen LogP contribution in [-0.2, 0) is 6.42 Å². The maximum Gasteiger partial charge on any atom is 0.573 e. The van der Waals surface area contributed by atoms with Crippen molar-refractivity contribution in [3.05, 3.63) is 53.8 Å². The Hall–Kier alpha value is -1.82. The third kappa shape index (κ3) is 7.58. The minimum Gasteiger partial charge on any atom is -0.403 e. The first kappa shape index (κ1) is 26.2. The molecule has 1 heterocycles. The maximum absolute atomic E-state index is 14.0. The van der Waals surface area contributed by atoms with Crippen molar-refractivity contribution >= 4 is 8.80 Å². The number of rotatable bonds is 8. The number of aryl methyl sites for hydroxylation is 1. The number of ether oxygens (including phenoxy) is 1. The minimum atomic E-state index is -4.90. The van der Waals surface area contributed by atoms with Gasteiger partial charge in [-0.15, -0.1) is 13.2 Å².